The molecule has 1 aliphatic rings. The van der Waals surface area contributed by atoms with Gasteiger partial charge in [0.05, 0.1) is 10.6 Å². The van der Waals surface area contributed by atoms with Crippen LogP contribution in [0.1, 0.15) is 18.1 Å². The number of carbonyl (C=O) groups excluding carboxylic acids is 1. The Balaban J connectivity index is 1.76. The fourth-order valence-corrected chi connectivity index (χ4v) is 5.79. The van der Waals surface area contributed by atoms with Crippen LogP contribution in [-0.4, -0.2) is 26.9 Å². The maximum Gasteiger partial charge on any atom is 0.264 e. The SMILES string of the molecule is Cc1cc(Cl)ccc1N(CC(=O)N1c2ccccc2C[C@@H]1C)S(=O)(=O)c1ccccc1. The maximum atomic E-state index is 13.6. The molecule has 5 nitrogen and oxygen atoms in total. The summed E-state index contributed by atoms with van der Waals surface area (Å²) in [5, 5.41) is 0.506. The van der Waals surface area contributed by atoms with E-state index < -0.39 is 10.0 Å². The number of para-hydroxylation sites is 1. The van der Waals surface area contributed by atoms with Gasteiger partial charge in [0.25, 0.3) is 10.0 Å². The minimum Gasteiger partial charge on any atom is -0.307 e. The molecule has 7 heteroatoms. The van der Waals surface area contributed by atoms with Crippen molar-refractivity contribution < 1.29 is 13.2 Å². The Hall–Kier alpha value is -2.83. The van der Waals surface area contributed by atoms with Crippen molar-refractivity contribution >= 4 is 38.9 Å². The molecule has 1 amide bonds. The highest BCUT2D eigenvalue weighted by atomic mass is 35.5. The number of rotatable bonds is 5. The van der Waals surface area contributed by atoms with E-state index in [0.29, 0.717) is 16.3 Å². The van der Waals surface area contributed by atoms with E-state index in [-0.39, 0.29) is 23.4 Å². The van der Waals surface area contributed by atoms with Crippen molar-refractivity contribution in [2.75, 3.05) is 15.7 Å². The van der Waals surface area contributed by atoms with Gasteiger partial charge in [-0.1, -0.05) is 48.0 Å². The maximum absolute atomic E-state index is 13.6. The first kappa shape index (κ1) is 21.4. The van der Waals surface area contributed by atoms with E-state index in [2.05, 4.69) is 0 Å². The zero-order valence-corrected chi connectivity index (χ0v) is 18.9. The number of carbonyl (C=O) groups is 1. The molecule has 0 radical (unpaired) electrons. The number of halogens is 1. The summed E-state index contributed by atoms with van der Waals surface area (Å²) in [5.41, 5.74) is 3.03. The highest BCUT2D eigenvalue weighted by Crippen LogP contribution is 2.34. The summed E-state index contributed by atoms with van der Waals surface area (Å²) < 4.78 is 28.3. The van der Waals surface area contributed by atoms with Crippen LogP contribution in [-0.2, 0) is 21.2 Å². The van der Waals surface area contributed by atoms with Crippen molar-refractivity contribution in [2.45, 2.75) is 31.2 Å². The van der Waals surface area contributed by atoms with Crippen molar-refractivity contribution in [1.82, 2.24) is 0 Å². The van der Waals surface area contributed by atoms with Crippen LogP contribution >= 0.6 is 11.6 Å². The molecule has 0 unspecified atom stereocenters. The topological polar surface area (TPSA) is 57.7 Å². The second kappa shape index (κ2) is 8.36. The van der Waals surface area contributed by atoms with Crippen LogP contribution in [0.5, 0.6) is 0 Å². The minimum atomic E-state index is -3.97. The molecule has 0 aromatic heterocycles. The summed E-state index contributed by atoms with van der Waals surface area (Å²) in [4.78, 5) is 15.3. The van der Waals surface area contributed by atoms with Crippen molar-refractivity contribution in [3.05, 3.63) is 88.9 Å². The number of hydrogen-bond donors (Lipinski definition) is 0. The summed E-state index contributed by atoms with van der Waals surface area (Å²) in [6, 6.07) is 20.8. The molecule has 3 aromatic carbocycles. The van der Waals surface area contributed by atoms with E-state index in [1.807, 2.05) is 31.2 Å². The molecule has 1 heterocycles. The van der Waals surface area contributed by atoms with Gasteiger partial charge in [-0.25, -0.2) is 8.42 Å². The van der Waals surface area contributed by atoms with Gasteiger partial charge in [0.2, 0.25) is 5.91 Å². The summed E-state index contributed by atoms with van der Waals surface area (Å²) in [6.07, 6.45) is 0.743. The van der Waals surface area contributed by atoms with Gasteiger partial charge < -0.3 is 4.90 Å². The molecule has 1 aliphatic heterocycles. The third kappa shape index (κ3) is 4.05. The molecule has 0 aliphatic carbocycles. The van der Waals surface area contributed by atoms with Gasteiger partial charge in [-0.15, -0.1) is 0 Å². The predicted octanol–water partition coefficient (Wildman–Crippen LogP) is 4.82. The number of sulfonamides is 1. The number of anilines is 2. The minimum absolute atomic E-state index is 0.0440. The van der Waals surface area contributed by atoms with Crippen LogP contribution in [0.3, 0.4) is 0 Å². The number of hydrogen-bond acceptors (Lipinski definition) is 3. The smallest absolute Gasteiger partial charge is 0.264 e. The second-order valence-corrected chi connectivity index (χ2v) is 10.00. The summed E-state index contributed by atoms with van der Waals surface area (Å²) in [7, 11) is -3.97. The Morgan fingerprint density at radius 1 is 1.06 bits per heavy atom. The van der Waals surface area contributed by atoms with Crippen LogP contribution in [0.2, 0.25) is 5.02 Å². The average Bonchev–Trinajstić information content (AvgIpc) is 3.08. The van der Waals surface area contributed by atoms with Crippen LogP contribution in [0.25, 0.3) is 0 Å². The molecule has 0 N–H and O–H groups in total. The lowest BCUT2D eigenvalue weighted by molar-refractivity contribution is -0.117. The van der Waals surface area contributed by atoms with E-state index in [1.54, 1.807) is 48.2 Å². The molecular weight excluding hydrogens is 432 g/mol. The molecule has 160 valence electrons. The lowest BCUT2D eigenvalue weighted by atomic mass is 10.1. The van der Waals surface area contributed by atoms with Gasteiger partial charge in [-0.05, 0) is 67.8 Å². The van der Waals surface area contributed by atoms with Crippen molar-refractivity contribution in [2.24, 2.45) is 0 Å². The summed E-state index contributed by atoms with van der Waals surface area (Å²) >= 11 is 6.09. The standard InChI is InChI=1S/C24H23ClN2O3S/c1-17-14-20(25)12-13-22(17)26(31(29,30)21-9-4-3-5-10-21)16-24(28)27-18(2)15-19-8-6-7-11-23(19)27/h3-14,18H,15-16H2,1-2H3/t18-/m0/s1. The second-order valence-electron chi connectivity index (χ2n) is 7.70. The number of fused-ring (bicyclic) bond motifs is 1. The van der Waals surface area contributed by atoms with Crippen molar-refractivity contribution in [3.8, 4) is 0 Å². The molecular formula is C24H23ClN2O3S. The number of aryl methyl sites for hydroxylation is 1. The zero-order valence-electron chi connectivity index (χ0n) is 17.3. The Labute approximate surface area is 187 Å². The normalized spacial score (nSPS) is 15.6. The fraction of sp³-hybridized carbons (Fsp3) is 0.208. The van der Waals surface area contributed by atoms with Crippen LogP contribution < -0.4 is 9.21 Å². The number of benzene rings is 3. The van der Waals surface area contributed by atoms with E-state index in [1.165, 1.54) is 16.4 Å². The van der Waals surface area contributed by atoms with Gasteiger partial charge in [-0.3, -0.25) is 9.10 Å². The van der Waals surface area contributed by atoms with E-state index >= 15 is 0 Å². The summed E-state index contributed by atoms with van der Waals surface area (Å²) in [5.74, 6) is -0.272. The quantitative estimate of drug-likeness (QED) is 0.555. The monoisotopic (exact) mass is 454 g/mol. The van der Waals surface area contributed by atoms with Gasteiger partial charge in [0.15, 0.2) is 0 Å². The molecule has 0 spiro atoms. The first-order valence-corrected chi connectivity index (χ1v) is 11.8. The van der Waals surface area contributed by atoms with Gasteiger partial charge in [0.1, 0.15) is 6.54 Å². The van der Waals surface area contributed by atoms with Crippen molar-refractivity contribution in [3.63, 3.8) is 0 Å². The largest absolute Gasteiger partial charge is 0.307 e. The third-order valence-electron chi connectivity index (χ3n) is 5.51. The third-order valence-corrected chi connectivity index (χ3v) is 7.52. The van der Waals surface area contributed by atoms with E-state index in [9.17, 15) is 13.2 Å². The molecule has 0 saturated carbocycles. The van der Waals surface area contributed by atoms with E-state index in [0.717, 1.165) is 17.7 Å². The molecule has 0 bridgehead atoms. The highest BCUT2D eigenvalue weighted by molar-refractivity contribution is 7.92. The Morgan fingerprint density at radius 2 is 1.74 bits per heavy atom. The first-order valence-electron chi connectivity index (χ1n) is 10.0. The molecule has 31 heavy (non-hydrogen) atoms. The lowest BCUT2D eigenvalue weighted by Gasteiger charge is -2.29. The number of nitrogens with zero attached hydrogens (tertiary/aromatic N) is 2. The molecule has 3 aromatic rings. The average molecular weight is 455 g/mol. The Morgan fingerprint density at radius 3 is 2.45 bits per heavy atom. The first-order chi connectivity index (χ1) is 14.8. The lowest BCUT2D eigenvalue weighted by Crippen LogP contribution is -2.45. The number of amides is 1. The van der Waals surface area contributed by atoms with E-state index in [4.69, 9.17) is 11.6 Å². The Kier molecular flexibility index (Phi) is 5.77. The summed E-state index contributed by atoms with van der Waals surface area (Å²) in [6.45, 7) is 3.45. The molecule has 0 saturated heterocycles. The fourth-order valence-electron chi connectivity index (χ4n) is 4.06. The molecule has 0 fully saturated rings. The Bertz CT molecular complexity index is 1230. The zero-order chi connectivity index (χ0) is 22.2. The van der Waals surface area contributed by atoms with Crippen molar-refractivity contribution in [1.29, 1.82) is 0 Å². The van der Waals surface area contributed by atoms with Gasteiger partial charge in [0, 0.05) is 16.8 Å². The van der Waals surface area contributed by atoms with Crippen LogP contribution in [0, 0.1) is 6.92 Å². The molecule has 4 rings (SSSR count). The van der Waals surface area contributed by atoms with Crippen LogP contribution in [0.4, 0.5) is 11.4 Å². The van der Waals surface area contributed by atoms with Crippen LogP contribution in [0.15, 0.2) is 77.7 Å². The predicted molar refractivity (Wildman–Crippen MR) is 124 cm³/mol. The van der Waals surface area contributed by atoms with Gasteiger partial charge >= 0.3 is 0 Å². The highest BCUT2D eigenvalue weighted by Gasteiger charge is 2.35. The molecule has 1 atom stereocenters. The van der Waals surface area contributed by atoms with Gasteiger partial charge in [-0.2, -0.15) is 0 Å².